The number of benzene rings is 2. The van der Waals surface area contributed by atoms with Crippen LogP contribution in [0.4, 0.5) is 0 Å². The minimum Gasteiger partial charge on any atom is -0.341 e. The molecule has 0 saturated carbocycles. The summed E-state index contributed by atoms with van der Waals surface area (Å²) in [7, 11) is 0. The number of aryl methyl sites for hydroxylation is 2. The molecule has 0 radical (unpaired) electrons. The maximum Gasteiger partial charge on any atom is 0.0492 e. The van der Waals surface area contributed by atoms with E-state index in [-0.39, 0.29) is 0 Å². The van der Waals surface area contributed by atoms with Crippen molar-refractivity contribution in [2.24, 2.45) is 0 Å². The second kappa shape index (κ2) is 3.88. The summed E-state index contributed by atoms with van der Waals surface area (Å²) in [5.41, 5.74) is 3.95. The zero-order chi connectivity index (χ0) is 12.0. The van der Waals surface area contributed by atoms with Crippen molar-refractivity contribution in [3.05, 3.63) is 46.4 Å². The number of rotatable bonds is 1. The highest BCUT2D eigenvalue weighted by atomic mass is 79.9. The first-order valence-electron chi connectivity index (χ1n) is 5.89. The molecule has 3 aromatic rings. The summed E-state index contributed by atoms with van der Waals surface area (Å²) < 4.78 is 3.51. The maximum atomic E-state index is 3.56. The molecular formula is C15H14BrN. The van der Waals surface area contributed by atoms with Gasteiger partial charge in [0.1, 0.15) is 0 Å². The zero-order valence-electron chi connectivity index (χ0n) is 10.00. The predicted molar refractivity (Wildman–Crippen MR) is 77.6 cm³/mol. The van der Waals surface area contributed by atoms with Gasteiger partial charge in [0.25, 0.3) is 0 Å². The fourth-order valence-electron chi connectivity index (χ4n) is 2.53. The minimum absolute atomic E-state index is 1.00. The largest absolute Gasteiger partial charge is 0.341 e. The van der Waals surface area contributed by atoms with Gasteiger partial charge in [0.15, 0.2) is 0 Å². The first kappa shape index (κ1) is 10.8. The van der Waals surface area contributed by atoms with Gasteiger partial charge in [0.2, 0.25) is 0 Å². The third-order valence-corrected chi connectivity index (χ3v) is 3.79. The molecule has 0 fully saturated rings. The van der Waals surface area contributed by atoms with Crippen molar-refractivity contribution in [3.8, 4) is 0 Å². The number of hydrogen-bond donors (Lipinski definition) is 0. The first-order chi connectivity index (χ1) is 8.20. The van der Waals surface area contributed by atoms with Gasteiger partial charge >= 0.3 is 0 Å². The molecule has 1 aromatic heterocycles. The normalized spacial score (nSPS) is 11.5. The van der Waals surface area contributed by atoms with E-state index < -0.39 is 0 Å². The van der Waals surface area contributed by atoms with E-state index in [9.17, 15) is 0 Å². The zero-order valence-corrected chi connectivity index (χ0v) is 11.6. The Bertz CT molecular complexity index is 650. The lowest BCUT2D eigenvalue weighted by Crippen LogP contribution is -1.92. The van der Waals surface area contributed by atoms with Crippen molar-refractivity contribution < 1.29 is 0 Å². The molecule has 86 valence electrons. The standard InChI is InChI=1S/C15H14BrN/c1-3-17-14-6-4-10(2)8-12(14)13-9-11(16)5-7-15(13)17/h4-9H,3H2,1-2H3. The SMILES string of the molecule is CCn1c2ccc(C)cc2c2cc(Br)ccc21. The highest BCUT2D eigenvalue weighted by Gasteiger charge is 2.09. The van der Waals surface area contributed by atoms with Gasteiger partial charge in [-0.25, -0.2) is 0 Å². The van der Waals surface area contributed by atoms with Crippen molar-refractivity contribution in [2.45, 2.75) is 20.4 Å². The molecule has 3 rings (SSSR count). The number of nitrogens with zero attached hydrogens (tertiary/aromatic N) is 1. The van der Waals surface area contributed by atoms with Gasteiger partial charge < -0.3 is 4.57 Å². The van der Waals surface area contributed by atoms with E-state index in [1.54, 1.807) is 0 Å². The van der Waals surface area contributed by atoms with E-state index in [1.807, 2.05) is 0 Å². The van der Waals surface area contributed by atoms with Crippen molar-refractivity contribution in [1.82, 2.24) is 4.57 Å². The molecule has 2 heteroatoms. The van der Waals surface area contributed by atoms with Crippen LogP contribution in [-0.2, 0) is 6.54 Å². The fourth-order valence-corrected chi connectivity index (χ4v) is 2.89. The molecule has 0 bridgehead atoms. The Morgan fingerprint density at radius 2 is 1.65 bits per heavy atom. The third kappa shape index (κ3) is 1.59. The summed E-state index contributed by atoms with van der Waals surface area (Å²) in [6.07, 6.45) is 0. The summed E-state index contributed by atoms with van der Waals surface area (Å²) in [4.78, 5) is 0. The Balaban J connectivity index is 2.57. The van der Waals surface area contributed by atoms with Gasteiger partial charge in [-0.05, 0) is 44.2 Å². The third-order valence-electron chi connectivity index (χ3n) is 3.30. The van der Waals surface area contributed by atoms with Crippen molar-refractivity contribution in [3.63, 3.8) is 0 Å². The van der Waals surface area contributed by atoms with E-state index in [2.05, 4.69) is 70.7 Å². The number of halogens is 1. The van der Waals surface area contributed by atoms with Crippen LogP contribution in [0.15, 0.2) is 40.9 Å². The van der Waals surface area contributed by atoms with Gasteiger partial charge in [0, 0.05) is 32.8 Å². The number of fused-ring (bicyclic) bond motifs is 3. The van der Waals surface area contributed by atoms with Gasteiger partial charge in [-0.1, -0.05) is 27.6 Å². The molecule has 0 unspecified atom stereocenters. The first-order valence-corrected chi connectivity index (χ1v) is 6.68. The van der Waals surface area contributed by atoms with Crippen LogP contribution in [0.25, 0.3) is 21.8 Å². The van der Waals surface area contributed by atoms with Gasteiger partial charge in [-0.3, -0.25) is 0 Å². The van der Waals surface area contributed by atoms with Gasteiger partial charge in [-0.2, -0.15) is 0 Å². The smallest absolute Gasteiger partial charge is 0.0492 e. The summed E-state index contributed by atoms with van der Waals surface area (Å²) >= 11 is 3.56. The number of hydrogen-bond acceptors (Lipinski definition) is 0. The van der Waals surface area contributed by atoms with E-state index in [1.165, 1.54) is 27.4 Å². The average molecular weight is 288 g/mol. The van der Waals surface area contributed by atoms with Gasteiger partial charge in [-0.15, -0.1) is 0 Å². The Hall–Kier alpha value is -1.28. The van der Waals surface area contributed by atoms with Crippen molar-refractivity contribution in [1.29, 1.82) is 0 Å². The molecule has 0 aliphatic carbocycles. The molecule has 1 nitrogen and oxygen atoms in total. The topological polar surface area (TPSA) is 4.93 Å². The molecule has 0 atom stereocenters. The van der Waals surface area contributed by atoms with Crippen LogP contribution in [0.1, 0.15) is 12.5 Å². The molecule has 1 heterocycles. The van der Waals surface area contributed by atoms with Crippen LogP contribution in [0.3, 0.4) is 0 Å². The van der Waals surface area contributed by atoms with E-state index >= 15 is 0 Å². The van der Waals surface area contributed by atoms with Crippen LogP contribution in [-0.4, -0.2) is 4.57 Å². The quantitative estimate of drug-likeness (QED) is 0.601. The summed E-state index contributed by atoms with van der Waals surface area (Å²) in [5, 5.41) is 2.68. The Kier molecular flexibility index (Phi) is 2.48. The van der Waals surface area contributed by atoms with Crippen LogP contribution in [0.5, 0.6) is 0 Å². The predicted octanol–water partition coefficient (Wildman–Crippen LogP) is 4.89. The van der Waals surface area contributed by atoms with E-state index in [0.29, 0.717) is 0 Å². The molecule has 0 amide bonds. The molecule has 0 spiro atoms. The van der Waals surface area contributed by atoms with Crippen LogP contribution >= 0.6 is 15.9 Å². The Morgan fingerprint density at radius 1 is 1.00 bits per heavy atom. The Labute approximate surface area is 109 Å². The van der Waals surface area contributed by atoms with Gasteiger partial charge in [0.05, 0.1) is 0 Å². The van der Waals surface area contributed by atoms with Crippen molar-refractivity contribution >= 4 is 37.7 Å². The molecule has 17 heavy (non-hydrogen) atoms. The maximum absolute atomic E-state index is 3.56. The van der Waals surface area contributed by atoms with Crippen LogP contribution < -0.4 is 0 Å². The van der Waals surface area contributed by atoms with Crippen LogP contribution in [0.2, 0.25) is 0 Å². The number of aromatic nitrogens is 1. The molecular weight excluding hydrogens is 274 g/mol. The summed E-state index contributed by atoms with van der Waals surface area (Å²) in [6, 6.07) is 13.2. The lowest BCUT2D eigenvalue weighted by molar-refractivity contribution is 0.827. The van der Waals surface area contributed by atoms with E-state index in [0.717, 1.165) is 11.0 Å². The summed E-state index contributed by atoms with van der Waals surface area (Å²) in [5.74, 6) is 0. The minimum atomic E-state index is 1.00. The van der Waals surface area contributed by atoms with Crippen molar-refractivity contribution in [2.75, 3.05) is 0 Å². The molecule has 0 saturated heterocycles. The second-order valence-corrected chi connectivity index (χ2v) is 5.34. The highest BCUT2D eigenvalue weighted by Crippen LogP contribution is 2.31. The molecule has 2 aromatic carbocycles. The average Bonchev–Trinajstić information content (AvgIpc) is 2.62. The van der Waals surface area contributed by atoms with Crippen LogP contribution in [0, 0.1) is 6.92 Å². The summed E-state index contributed by atoms with van der Waals surface area (Å²) in [6.45, 7) is 5.35. The second-order valence-electron chi connectivity index (χ2n) is 4.43. The highest BCUT2D eigenvalue weighted by molar-refractivity contribution is 9.10. The fraction of sp³-hybridized carbons (Fsp3) is 0.200. The molecule has 0 aliphatic rings. The lowest BCUT2D eigenvalue weighted by Gasteiger charge is -2.02. The monoisotopic (exact) mass is 287 g/mol. The lowest BCUT2D eigenvalue weighted by atomic mass is 10.1. The molecule has 0 aliphatic heterocycles. The Morgan fingerprint density at radius 3 is 2.35 bits per heavy atom. The molecule has 0 N–H and O–H groups in total. The van der Waals surface area contributed by atoms with E-state index in [4.69, 9.17) is 0 Å².